The third kappa shape index (κ3) is 4.91. The number of anilines is 1. The van der Waals surface area contributed by atoms with E-state index in [0.717, 1.165) is 63.0 Å². The van der Waals surface area contributed by atoms with E-state index >= 15 is 0 Å². The first-order valence-electron chi connectivity index (χ1n) is 11.2. The second-order valence-corrected chi connectivity index (χ2v) is 9.08. The molecule has 5 rings (SSSR count). The number of nitrogens with one attached hydrogen (secondary N) is 2. The first-order chi connectivity index (χ1) is 16.4. The van der Waals surface area contributed by atoms with Crippen LogP contribution in [0.1, 0.15) is 41.9 Å². The molecule has 2 aromatic carbocycles. The summed E-state index contributed by atoms with van der Waals surface area (Å²) in [7, 11) is 0. The van der Waals surface area contributed by atoms with Crippen LogP contribution >= 0.6 is 0 Å². The lowest BCUT2D eigenvalue weighted by Crippen LogP contribution is -2.47. The van der Waals surface area contributed by atoms with Gasteiger partial charge in [0.1, 0.15) is 11.9 Å². The van der Waals surface area contributed by atoms with Crippen molar-refractivity contribution in [1.29, 1.82) is 0 Å². The number of halogens is 3. The molecule has 0 atom stereocenters. The second kappa shape index (κ2) is 9.09. The van der Waals surface area contributed by atoms with Crippen LogP contribution in [0.15, 0.2) is 42.5 Å². The van der Waals surface area contributed by atoms with E-state index in [4.69, 9.17) is 4.74 Å². The number of aromatic nitrogens is 3. The highest BCUT2D eigenvalue weighted by Gasteiger charge is 2.45. The fraction of sp³-hybridized carbons (Fsp3) is 0.375. The number of nitrogens with zero attached hydrogens (tertiary/aromatic N) is 3. The van der Waals surface area contributed by atoms with Gasteiger partial charge in [0.25, 0.3) is 5.91 Å². The largest absolute Gasteiger partial charge is 0.423 e. The van der Waals surface area contributed by atoms with E-state index in [1.807, 2.05) is 24.3 Å². The Balaban J connectivity index is 1.12. The molecule has 1 aliphatic carbocycles. The number of ether oxygens (including phenoxy) is 1. The molecule has 2 N–H and O–H groups in total. The van der Waals surface area contributed by atoms with Crippen molar-refractivity contribution in [1.82, 2.24) is 20.1 Å². The minimum atomic E-state index is -1.06. The molecule has 1 saturated heterocycles. The SMILES string of the molecule is O=C(Nc1ccc(CN2CCC3(CC2)CC(F)C3)cc1)c1nc(Oc2ccc(F)c(F)c2)n[nH]1. The summed E-state index contributed by atoms with van der Waals surface area (Å²) in [6.07, 6.45) is 2.95. The highest BCUT2D eigenvalue weighted by atomic mass is 19.2. The number of alkyl halides is 1. The van der Waals surface area contributed by atoms with Gasteiger partial charge in [-0.2, -0.15) is 4.98 Å². The van der Waals surface area contributed by atoms with Gasteiger partial charge < -0.3 is 10.1 Å². The molecular formula is C24H24F3N5O2. The molecule has 10 heteroatoms. The molecule has 3 aromatic rings. The Labute approximate surface area is 194 Å². The summed E-state index contributed by atoms with van der Waals surface area (Å²) in [6, 6.07) is 10.4. The van der Waals surface area contributed by atoms with E-state index < -0.39 is 23.7 Å². The van der Waals surface area contributed by atoms with Gasteiger partial charge >= 0.3 is 6.01 Å². The van der Waals surface area contributed by atoms with Crippen molar-refractivity contribution in [2.45, 2.75) is 38.4 Å². The predicted molar refractivity (Wildman–Crippen MR) is 118 cm³/mol. The fourth-order valence-corrected chi connectivity index (χ4v) is 4.65. The van der Waals surface area contributed by atoms with E-state index in [0.29, 0.717) is 5.69 Å². The summed E-state index contributed by atoms with van der Waals surface area (Å²) in [5.74, 6) is -2.66. The van der Waals surface area contributed by atoms with Crippen LogP contribution in [0.3, 0.4) is 0 Å². The Bertz CT molecular complexity index is 1170. The molecule has 1 spiro atoms. The van der Waals surface area contributed by atoms with Gasteiger partial charge in [-0.05, 0) is 74.0 Å². The van der Waals surface area contributed by atoms with Crippen molar-refractivity contribution in [3.8, 4) is 11.8 Å². The van der Waals surface area contributed by atoms with Gasteiger partial charge in [-0.1, -0.05) is 12.1 Å². The standard InChI is InChI=1S/C24H24F3N5O2/c25-16-12-24(13-16)7-9-32(10-8-24)14-15-1-3-17(4-2-15)28-22(33)21-29-23(31-30-21)34-18-5-6-19(26)20(27)11-18/h1-6,11,16H,7-10,12-14H2,(H,28,33)(H,29,30,31). The van der Waals surface area contributed by atoms with Gasteiger partial charge in [0.05, 0.1) is 0 Å². The summed E-state index contributed by atoms with van der Waals surface area (Å²) in [4.78, 5) is 18.8. The average Bonchev–Trinajstić information content (AvgIpc) is 3.27. The third-order valence-electron chi connectivity index (χ3n) is 6.62. The normalized spacial score (nSPS) is 18.0. The van der Waals surface area contributed by atoms with Crippen molar-refractivity contribution in [3.63, 3.8) is 0 Å². The fourth-order valence-electron chi connectivity index (χ4n) is 4.65. The minimum absolute atomic E-state index is 0.00335. The van der Waals surface area contributed by atoms with Gasteiger partial charge in [0, 0.05) is 18.3 Å². The third-order valence-corrected chi connectivity index (χ3v) is 6.62. The molecule has 1 saturated carbocycles. The lowest BCUT2D eigenvalue weighted by atomic mass is 9.62. The molecule has 34 heavy (non-hydrogen) atoms. The van der Waals surface area contributed by atoms with E-state index in [-0.39, 0.29) is 23.0 Å². The number of benzene rings is 2. The Hall–Kier alpha value is -3.40. The Morgan fingerprint density at radius 3 is 2.53 bits per heavy atom. The van der Waals surface area contributed by atoms with Crippen LogP contribution in [-0.2, 0) is 6.54 Å². The predicted octanol–water partition coefficient (Wildman–Crippen LogP) is 4.84. The second-order valence-electron chi connectivity index (χ2n) is 9.08. The Kier molecular flexibility index (Phi) is 5.99. The van der Waals surface area contributed by atoms with Crippen molar-refractivity contribution in [2.24, 2.45) is 5.41 Å². The van der Waals surface area contributed by atoms with Crippen molar-refractivity contribution in [2.75, 3.05) is 18.4 Å². The zero-order chi connectivity index (χ0) is 23.7. The number of carbonyl (C=O) groups is 1. The highest BCUT2D eigenvalue weighted by molar-refractivity contribution is 6.01. The lowest BCUT2D eigenvalue weighted by molar-refractivity contribution is -0.0300. The van der Waals surface area contributed by atoms with Gasteiger partial charge in [-0.3, -0.25) is 14.8 Å². The quantitative estimate of drug-likeness (QED) is 0.538. The molecule has 0 radical (unpaired) electrons. The molecule has 0 unspecified atom stereocenters. The zero-order valence-corrected chi connectivity index (χ0v) is 18.4. The van der Waals surface area contributed by atoms with Crippen LogP contribution in [0, 0.1) is 17.0 Å². The number of piperidine rings is 1. The number of H-pyrrole nitrogens is 1. The molecule has 178 valence electrons. The summed E-state index contributed by atoms with van der Waals surface area (Å²) < 4.78 is 44.8. The highest BCUT2D eigenvalue weighted by Crippen LogP contribution is 2.50. The van der Waals surface area contributed by atoms with Crippen LogP contribution < -0.4 is 10.1 Å². The van der Waals surface area contributed by atoms with Crippen LogP contribution in [0.4, 0.5) is 18.9 Å². The van der Waals surface area contributed by atoms with Gasteiger partial charge in [0.2, 0.25) is 5.82 Å². The molecular weight excluding hydrogens is 447 g/mol. The lowest BCUT2D eigenvalue weighted by Gasteiger charge is -2.49. The first kappa shape index (κ1) is 22.4. The summed E-state index contributed by atoms with van der Waals surface area (Å²) in [5, 5.41) is 8.95. The van der Waals surface area contributed by atoms with E-state index in [9.17, 15) is 18.0 Å². The molecule has 0 bridgehead atoms. The van der Waals surface area contributed by atoms with Crippen molar-refractivity contribution >= 4 is 11.6 Å². The smallest absolute Gasteiger partial charge is 0.341 e. The number of carbonyl (C=O) groups excluding carboxylic acids is 1. The van der Waals surface area contributed by atoms with E-state index in [1.54, 1.807) is 0 Å². The van der Waals surface area contributed by atoms with Crippen molar-refractivity contribution < 1.29 is 22.7 Å². The molecule has 2 heterocycles. The topological polar surface area (TPSA) is 83.1 Å². The van der Waals surface area contributed by atoms with E-state index in [1.165, 1.54) is 6.07 Å². The minimum Gasteiger partial charge on any atom is -0.423 e. The maximum Gasteiger partial charge on any atom is 0.341 e. The van der Waals surface area contributed by atoms with Crippen LogP contribution in [0.5, 0.6) is 11.8 Å². The number of hydrogen-bond acceptors (Lipinski definition) is 5. The van der Waals surface area contributed by atoms with Gasteiger partial charge in [0.15, 0.2) is 11.6 Å². The summed E-state index contributed by atoms with van der Waals surface area (Å²) in [6.45, 7) is 2.77. The molecule has 1 aromatic heterocycles. The zero-order valence-electron chi connectivity index (χ0n) is 18.4. The Morgan fingerprint density at radius 1 is 1.12 bits per heavy atom. The molecule has 1 aliphatic heterocycles. The molecule has 2 fully saturated rings. The van der Waals surface area contributed by atoms with Crippen LogP contribution in [-0.4, -0.2) is 45.2 Å². The first-order valence-corrected chi connectivity index (χ1v) is 11.2. The number of likely N-dealkylation sites (tertiary alicyclic amines) is 1. The maximum absolute atomic E-state index is 13.3. The molecule has 7 nitrogen and oxygen atoms in total. The Morgan fingerprint density at radius 2 is 1.85 bits per heavy atom. The van der Waals surface area contributed by atoms with Crippen molar-refractivity contribution in [3.05, 3.63) is 65.5 Å². The number of amides is 1. The number of aromatic amines is 1. The maximum atomic E-state index is 13.3. The van der Waals surface area contributed by atoms with Gasteiger partial charge in [-0.25, -0.2) is 13.2 Å². The summed E-state index contributed by atoms with van der Waals surface area (Å²) >= 11 is 0. The average molecular weight is 471 g/mol. The van der Waals surface area contributed by atoms with E-state index in [2.05, 4.69) is 25.4 Å². The number of hydrogen-bond donors (Lipinski definition) is 2. The van der Waals surface area contributed by atoms with Crippen LogP contribution in [0.25, 0.3) is 0 Å². The molecule has 1 amide bonds. The molecule has 2 aliphatic rings. The van der Waals surface area contributed by atoms with Crippen LogP contribution in [0.2, 0.25) is 0 Å². The number of rotatable bonds is 6. The van der Waals surface area contributed by atoms with Gasteiger partial charge in [-0.15, -0.1) is 5.10 Å². The monoisotopic (exact) mass is 471 g/mol. The summed E-state index contributed by atoms with van der Waals surface area (Å²) in [5.41, 5.74) is 1.97.